The molecule has 1 aliphatic heterocycles. The number of allylic oxidation sites excluding steroid dienone is 1. The summed E-state index contributed by atoms with van der Waals surface area (Å²) in [6.07, 6.45) is 21.1. The number of aliphatic hydroxyl groups is 5. The summed E-state index contributed by atoms with van der Waals surface area (Å²) in [7, 11) is 0. The van der Waals surface area contributed by atoms with E-state index in [1.807, 2.05) is 6.08 Å². The van der Waals surface area contributed by atoms with E-state index in [9.17, 15) is 30.3 Å². The first-order valence-corrected chi connectivity index (χ1v) is 18.4. The van der Waals surface area contributed by atoms with Gasteiger partial charge >= 0.3 is 0 Å². The molecule has 1 aliphatic rings. The third kappa shape index (κ3) is 20.0. The van der Waals surface area contributed by atoms with Crippen LogP contribution in [0.4, 0.5) is 0 Å². The minimum Gasteiger partial charge on any atom is -0.394 e. The molecule has 0 spiro atoms. The van der Waals surface area contributed by atoms with Crippen LogP contribution in [0.1, 0.15) is 155 Å². The normalized spacial score (nSPS) is 23.4. The fraction of sp³-hybridized carbons (Fsp3) is 0.917. The van der Waals surface area contributed by atoms with E-state index in [2.05, 4.69) is 19.2 Å². The molecule has 0 unspecified atom stereocenters. The van der Waals surface area contributed by atoms with Crippen LogP contribution < -0.4 is 5.32 Å². The second-order valence-electron chi connectivity index (χ2n) is 13.0. The topological polar surface area (TPSA) is 149 Å². The van der Waals surface area contributed by atoms with E-state index in [1.165, 1.54) is 96.3 Å². The summed E-state index contributed by atoms with van der Waals surface area (Å²) in [5, 5.41) is 53.7. The Balaban J connectivity index is 2.49. The lowest BCUT2D eigenvalue weighted by molar-refractivity contribution is -0.302. The average molecular weight is 644 g/mol. The van der Waals surface area contributed by atoms with Crippen LogP contribution in [0.15, 0.2) is 12.2 Å². The second kappa shape index (κ2) is 28.0. The highest BCUT2D eigenvalue weighted by molar-refractivity contribution is 5.76. The number of hydrogen-bond acceptors (Lipinski definition) is 8. The zero-order valence-corrected chi connectivity index (χ0v) is 28.6. The van der Waals surface area contributed by atoms with Gasteiger partial charge in [0.25, 0.3) is 0 Å². The van der Waals surface area contributed by atoms with Gasteiger partial charge in [-0.2, -0.15) is 0 Å². The van der Waals surface area contributed by atoms with Gasteiger partial charge in [-0.05, 0) is 19.3 Å². The highest BCUT2D eigenvalue weighted by atomic mass is 16.7. The van der Waals surface area contributed by atoms with Gasteiger partial charge in [0, 0.05) is 6.42 Å². The predicted molar refractivity (Wildman–Crippen MR) is 180 cm³/mol. The molecule has 0 aromatic carbocycles. The molecule has 1 fully saturated rings. The monoisotopic (exact) mass is 644 g/mol. The molecule has 0 saturated carbocycles. The summed E-state index contributed by atoms with van der Waals surface area (Å²) < 4.78 is 11.1. The van der Waals surface area contributed by atoms with Crippen LogP contribution in [0.3, 0.4) is 0 Å². The fourth-order valence-corrected chi connectivity index (χ4v) is 5.80. The summed E-state index contributed by atoms with van der Waals surface area (Å²) >= 11 is 0. The van der Waals surface area contributed by atoms with E-state index in [4.69, 9.17) is 9.47 Å². The van der Waals surface area contributed by atoms with E-state index in [1.54, 1.807) is 6.08 Å². The lowest BCUT2D eigenvalue weighted by Crippen LogP contribution is -2.60. The molecule has 0 aromatic rings. The number of nitrogens with one attached hydrogen (secondary N) is 1. The highest BCUT2D eigenvalue weighted by Gasteiger charge is 2.44. The zero-order chi connectivity index (χ0) is 33.1. The summed E-state index contributed by atoms with van der Waals surface area (Å²) in [5.74, 6) is -0.182. The Morgan fingerprint density at radius 1 is 0.733 bits per heavy atom. The maximum Gasteiger partial charge on any atom is 0.220 e. The minimum absolute atomic E-state index is 0.182. The summed E-state index contributed by atoms with van der Waals surface area (Å²) in [6, 6.07) is -0.794. The van der Waals surface area contributed by atoms with Crippen molar-refractivity contribution in [1.29, 1.82) is 0 Å². The van der Waals surface area contributed by atoms with Crippen molar-refractivity contribution in [2.75, 3.05) is 13.2 Å². The van der Waals surface area contributed by atoms with Crippen LogP contribution in [0.2, 0.25) is 0 Å². The standard InChI is InChI=1S/C36H69NO8/c1-3-5-7-9-11-13-14-15-16-18-19-21-23-25-30(39)29(28-44-36-35(43)34(42)33(41)31(27-38)45-36)37-32(40)26-24-22-20-17-12-10-8-6-4-2/h23,25,29-31,33-36,38-39,41-43H,3-22,24,26-28H2,1-2H3,(H,37,40)/b25-23+/t29-,30+,31+,33-,34-,35+,36+/m0/s1. The van der Waals surface area contributed by atoms with Gasteiger partial charge in [-0.1, -0.05) is 142 Å². The number of aliphatic hydroxyl groups excluding tert-OH is 5. The Bertz CT molecular complexity index is 721. The molecule has 1 saturated heterocycles. The molecule has 7 atom stereocenters. The molecule has 0 bridgehead atoms. The quantitative estimate of drug-likeness (QED) is 0.0441. The maximum atomic E-state index is 12.8. The molecular formula is C36H69NO8. The third-order valence-corrected chi connectivity index (χ3v) is 8.86. The summed E-state index contributed by atoms with van der Waals surface area (Å²) in [4.78, 5) is 12.8. The van der Waals surface area contributed by atoms with Crippen molar-refractivity contribution in [2.24, 2.45) is 0 Å². The van der Waals surface area contributed by atoms with Gasteiger partial charge < -0.3 is 40.3 Å². The van der Waals surface area contributed by atoms with E-state index >= 15 is 0 Å². The lowest BCUT2D eigenvalue weighted by Gasteiger charge is -2.40. The molecule has 0 radical (unpaired) electrons. The van der Waals surface area contributed by atoms with Gasteiger partial charge in [-0.15, -0.1) is 0 Å². The van der Waals surface area contributed by atoms with Crippen molar-refractivity contribution >= 4 is 5.91 Å². The predicted octanol–water partition coefficient (Wildman–Crippen LogP) is 5.83. The number of carbonyl (C=O) groups excluding carboxylic acids is 1. The van der Waals surface area contributed by atoms with E-state index in [0.29, 0.717) is 6.42 Å². The lowest BCUT2D eigenvalue weighted by atomic mass is 9.99. The van der Waals surface area contributed by atoms with Gasteiger partial charge in [-0.25, -0.2) is 0 Å². The third-order valence-electron chi connectivity index (χ3n) is 8.86. The summed E-state index contributed by atoms with van der Waals surface area (Å²) in [5.41, 5.74) is 0. The van der Waals surface area contributed by atoms with Crippen molar-refractivity contribution in [3.8, 4) is 0 Å². The van der Waals surface area contributed by atoms with Crippen molar-refractivity contribution in [3.05, 3.63) is 12.2 Å². The van der Waals surface area contributed by atoms with Crippen molar-refractivity contribution in [1.82, 2.24) is 5.32 Å². The molecule has 45 heavy (non-hydrogen) atoms. The molecule has 1 rings (SSSR count). The van der Waals surface area contributed by atoms with Gasteiger partial charge in [0.1, 0.15) is 24.4 Å². The molecular weight excluding hydrogens is 574 g/mol. The number of unbranched alkanes of at least 4 members (excludes halogenated alkanes) is 19. The number of amides is 1. The van der Waals surface area contributed by atoms with E-state index in [-0.39, 0.29) is 12.5 Å². The van der Waals surface area contributed by atoms with Gasteiger partial charge in [-0.3, -0.25) is 4.79 Å². The molecule has 9 nitrogen and oxygen atoms in total. The van der Waals surface area contributed by atoms with Crippen LogP contribution >= 0.6 is 0 Å². The van der Waals surface area contributed by atoms with Crippen LogP contribution in [0.25, 0.3) is 0 Å². The number of ether oxygens (including phenoxy) is 2. The SMILES string of the molecule is CCCCCCCCCCCCC/C=C/[C@@H](O)[C@H](CO[C@@H]1O[C@H](CO)[C@H](O)[C@H](O)[C@H]1O)NC(=O)CCCCCCCCCCC. The van der Waals surface area contributed by atoms with Gasteiger partial charge in [0.05, 0.1) is 25.4 Å². The Hall–Kier alpha value is -1.07. The fourth-order valence-electron chi connectivity index (χ4n) is 5.80. The van der Waals surface area contributed by atoms with Crippen molar-refractivity contribution in [2.45, 2.75) is 198 Å². The molecule has 6 N–H and O–H groups in total. The average Bonchev–Trinajstić information content (AvgIpc) is 3.04. The van der Waals surface area contributed by atoms with Crippen LogP contribution in [-0.4, -0.2) is 87.5 Å². The minimum atomic E-state index is -1.56. The first-order valence-electron chi connectivity index (χ1n) is 18.4. The maximum absolute atomic E-state index is 12.8. The first-order chi connectivity index (χ1) is 21.8. The smallest absolute Gasteiger partial charge is 0.220 e. The molecule has 266 valence electrons. The van der Waals surface area contributed by atoms with Gasteiger partial charge in [0.15, 0.2) is 6.29 Å². The van der Waals surface area contributed by atoms with Crippen LogP contribution in [0, 0.1) is 0 Å². The Morgan fingerprint density at radius 3 is 1.73 bits per heavy atom. The van der Waals surface area contributed by atoms with Crippen LogP contribution in [0.5, 0.6) is 0 Å². The van der Waals surface area contributed by atoms with Crippen molar-refractivity contribution in [3.63, 3.8) is 0 Å². The molecule has 1 heterocycles. The summed E-state index contributed by atoms with van der Waals surface area (Å²) in [6.45, 7) is 3.71. The largest absolute Gasteiger partial charge is 0.394 e. The molecule has 9 heteroatoms. The first kappa shape index (κ1) is 42.0. The van der Waals surface area contributed by atoms with E-state index in [0.717, 1.165) is 38.5 Å². The van der Waals surface area contributed by atoms with Crippen LogP contribution in [-0.2, 0) is 14.3 Å². The van der Waals surface area contributed by atoms with E-state index < -0.39 is 49.5 Å². The highest BCUT2D eigenvalue weighted by Crippen LogP contribution is 2.22. The number of rotatable bonds is 29. The molecule has 0 aromatic heterocycles. The number of hydrogen-bond donors (Lipinski definition) is 6. The molecule has 1 amide bonds. The Kier molecular flexibility index (Phi) is 26.1. The Labute approximate surface area is 274 Å². The Morgan fingerprint density at radius 2 is 1.22 bits per heavy atom. The second-order valence-corrected chi connectivity index (χ2v) is 13.0. The molecule has 0 aliphatic carbocycles. The van der Waals surface area contributed by atoms with Crippen molar-refractivity contribution < 1.29 is 39.8 Å². The van der Waals surface area contributed by atoms with Gasteiger partial charge in [0.2, 0.25) is 5.91 Å². The number of carbonyl (C=O) groups is 1. The zero-order valence-electron chi connectivity index (χ0n) is 28.6.